The minimum atomic E-state index is -0.962. The molecule has 0 bridgehead atoms. The van der Waals surface area contributed by atoms with E-state index in [9.17, 15) is 9.59 Å². The fourth-order valence-corrected chi connectivity index (χ4v) is 5.20. The molecule has 5 rings (SSSR count). The number of carbonyl (C=O) groups is 2. The maximum Gasteiger partial charge on any atom is 0.335 e. The van der Waals surface area contributed by atoms with Crippen LogP contribution in [0.1, 0.15) is 37.0 Å². The molecule has 180 valence electrons. The topological polar surface area (TPSA) is 81.4 Å². The zero-order valence-electron chi connectivity index (χ0n) is 19.5. The second-order valence-corrected chi connectivity index (χ2v) is 9.66. The van der Waals surface area contributed by atoms with Gasteiger partial charge < -0.3 is 9.84 Å². The number of hydrogen-bond donors (Lipinski definition) is 1. The van der Waals surface area contributed by atoms with E-state index in [4.69, 9.17) is 26.4 Å². The number of rotatable bonds is 6. The van der Waals surface area contributed by atoms with Crippen LogP contribution in [0.3, 0.4) is 0 Å². The van der Waals surface area contributed by atoms with Gasteiger partial charge in [-0.15, -0.1) is 11.3 Å². The first-order chi connectivity index (χ1) is 17.4. The lowest BCUT2D eigenvalue weighted by molar-refractivity contribution is 0.0696. The fourth-order valence-electron chi connectivity index (χ4n) is 4.26. The summed E-state index contributed by atoms with van der Waals surface area (Å²) in [5.41, 5.74) is 5.03. The molecule has 0 radical (unpaired) electrons. The number of fused-ring (bicyclic) bond motifs is 1. The summed E-state index contributed by atoms with van der Waals surface area (Å²) in [5, 5.41) is 13.5. The molecule has 0 aliphatic carbocycles. The number of hydrogen-bond acceptors (Lipinski definition) is 5. The first kappa shape index (κ1) is 23.8. The van der Waals surface area contributed by atoms with E-state index in [1.54, 1.807) is 60.2 Å². The smallest absolute Gasteiger partial charge is 0.335 e. The average Bonchev–Trinajstić information content (AvgIpc) is 3.46. The Morgan fingerprint density at radius 3 is 2.39 bits per heavy atom. The Morgan fingerprint density at radius 2 is 1.72 bits per heavy atom. The van der Waals surface area contributed by atoms with Gasteiger partial charge in [-0.1, -0.05) is 23.7 Å². The van der Waals surface area contributed by atoms with Crippen LogP contribution in [0, 0.1) is 6.92 Å². The summed E-state index contributed by atoms with van der Waals surface area (Å²) < 4.78 is 7.19. The van der Waals surface area contributed by atoms with Crippen molar-refractivity contribution in [3.8, 4) is 17.0 Å². The molecule has 36 heavy (non-hydrogen) atoms. The lowest BCUT2D eigenvalue weighted by Crippen LogP contribution is -2.13. The Kier molecular flexibility index (Phi) is 6.35. The van der Waals surface area contributed by atoms with Crippen LogP contribution in [0.2, 0.25) is 5.02 Å². The second-order valence-electron chi connectivity index (χ2n) is 8.28. The maximum absolute atomic E-state index is 13.5. The van der Waals surface area contributed by atoms with Crippen LogP contribution >= 0.6 is 22.9 Å². The zero-order valence-corrected chi connectivity index (χ0v) is 21.1. The highest BCUT2D eigenvalue weighted by molar-refractivity contribution is 7.10. The predicted octanol–water partition coefficient (Wildman–Crippen LogP) is 6.71. The number of ether oxygens (including phenoxy) is 1. The van der Waals surface area contributed by atoms with E-state index in [1.807, 2.05) is 30.5 Å². The number of carboxylic acid groups (broad SMARTS) is 1. The Morgan fingerprint density at radius 1 is 1.03 bits per heavy atom. The number of carbonyl (C=O) groups excluding carboxylic acids is 1. The molecule has 0 aliphatic heterocycles. The molecule has 0 saturated heterocycles. The molecular formula is C28H21ClN2O4S. The van der Waals surface area contributed by atoms with Crippen LogP contribution in [0.15, 0.2) is 72.1 Å². The fraction of sp³-hybridized carbons (Fsp3) is 0.107. The van der Waals surface area contributed by atoms with Gasteiger partial charge in [0, 0.05) is 39.0 Å². The lowest BCUT2D eigenvalue weighted by atomic mass is 10.1. The third-order valence-corrected chi connectivity index (χ3v) is 7.24. The van der Waals surface area contributed by atoms with E-state index in [0.717, 1.165) is 38.4 Å². The third-order valence-electron chi connectivity index (χ3n) is 6.14. The molecule has 6 nitrogen and oxygen atoms in total. The monoisotopic (exact) mass is 516 g/mol. The van der Waals surface area contributed by atoms with Crippen molar-refractivity contribution in [2.45, 2.75) is 13.3 Å². The number of methoxy groups -OCH3 is 1. The van der Waals surface area contributed by atoms with Crippen molar-refractivity contribution in [3.05, 3.63) is 105 Å². The largest absolute Gasteiger partial charge is 0.497 e. The van der Waals surface area contributed by atoms with Crippen molar-refractivity contribution in [1.29, 1.82) is 0 Å². The van der Waals surface area contributed by atoms with E-state index >= 15 is 0 Å². The van der Waals surface area contributed by atoms with E-state index in [2.05, 4.69) is 0 Å². The van der Waals surface area contributed by atoms with Gasteiger partial charge in [0.15, 0.2) is 0 Å². The van der Waals surface area contributed by atoms with Gasteiger partial charge in [0.05, 0.1) is 28.9 Å². The molecule has 0 fully saturated rings. The van der Waals surface area contributed by atoms with Gasteiger partial charge >= 0.3 is 5.97 Å². The summed E-state index contributed by atoms with van der Waals surface area (Å²) in [5.74, 6) is -0.391. The van der Waals surface area contributed by atoms with Gasteiger partial charge in [0.25, 0.3) is 5.91 Å². The number of benzene rings is 3. The molecule has 1 N–H and O–H groups in total. The molecule has 5 aromatic rings. The van der Waals surface area contributed by atoms with Crippen molar-refractivity contribution in [1.82, 2.24) is 9.55 Å². The zero-order chi connectivity index (χ0) is 25.4. The molecule has 2 aromatic heterocycles. The van der Waals surface area contributed by atoms with Crippen molar-refractivity contribution in [3.63, 3.8) is 0 Å². The first-order valence-electron chi connectivity index (χ1n) is 11.1. The van der Waals surface area contributed by atoms with Crippen LogP contribution in [-0.4, -0.2) is 33.6 Å². The lowest BCUT2D eigenvalue weighted by Gasteiger charge is -2.08. The molecule has 0 spiro atoms. The highest BCUT2D eigenvalue weighted by atomic mass is 35.5. The highest BCUT2D eigenvalue weighted by Crippen LogP contribution is 2.33. The molecule has 0 amide bonds. The van der Waals surface area contributed by atoms with Gasteiger partial charge in [-0.05, 0) is 67.1 Å². The van der Waals surface area contributed by atoms with E-state index in [0.29, 0.717) is 22.8 Å². The number of aromatic carboxylic acids is 1. The van der Waals surface area contributed by atoms with Crippen molar-refractivity contribution < 1.29 is 19.4 Å². The summed E-state index contributed by atoms with van der Waals surface area (Å²) in [6.07, 6.45) is 0.536. The number of thiazole rings is 1. The Labute approximate surface area is 216 Å². The SMILES string of the molecule is COc1ccc2c(c1)c(Cc1nc(-c3ccc(C(=O)O)cc3)cs1)c(C)n2C(=O)c1ccc(Cl)cc1. The van der Waals surface area contributed by atoms with Gasteiger partial charge in [0.2, 0.25) is 0 Å². The van der Waals surface area contributed by atoms with Crippen molar-refractivity contribution >= 4 is 45.7 Å². The number of carboxylic acids is 1. The highest BCUT2D eigenvalue weighted by Gasteiger charge is 2.21. The summed E-state index contributed by atoms with van der Waals surface area (Å²) in [6.45, 7) is 1.94. The molecule has 0 aliphatic rings. The molecule has 2 heterocycles. The Bertz CT molecular complexity index is 1600. The molecule has 3 aromatic carbocycles. The van der Waals surface area contributed by atoms with Crippen LogP contribution < -0.4 is 4.74 Å². The molecular weight excluding hydrogens is 496 g/mol. The minimum Gasteiger partial charge on any atom is -0.497 e. The van der Waals surface area contributed by atoms with Crippen LogP contribution in [0.25, 0.3) is 22.2 Å². The molecule has 0 unspecified atom stereocenters. The van der Waals surface area contributed by atoms with Crippen molar-refractivity contribution in [2.75, 3.05) is 7.11 Å². The van der Waals surface area contributed by atoms with Gasteiger partial charge in [-0.3, -0.25) is 9.36 Å². The maximum atomic E-state index is 13.5. The summed E-state index contributed by atoms with van der Waals surface area (Å²) in [7, 11) is 1.62. The van der Waals surface area contributed by atoms with Crippen LogP contribution in [0.5, 0.6) is 5.75 Å². The van der Waals surface area contributed by atoms with Gasteiger partial charge in [-0.25, -0.2) is 9.78 Å². The Balaban J connectivity index is 1.55. The summed E-state index contributed by atoms with van der Waals surface area (Å²) in [4.78, 5) is 29.4. The second kappa shape index (κ2) is 9.60. The van der Waals surface area contributed by atoms with E-state index in [-0.39, 0.29) is 11.5 Å². The number of nitrogens with zero attached hydrogens (tertiary/aromatic N) is 2. The normalized spacial score (nSPS) is 11.1. The minimum absolute atomic E-state index is 0.135. The summed E-state index contributed by atoms with van der Waals surface area (Å²) >= 11 is 7.55. The van der Waals surface area contributed by atoms with Crippen LogP contribution in [-0.2, 0) is 6.42 Å². The first-order valence-corrected chi connectivity index (χ1v) is 12.4. The third kappa shape index (κ3) is 4.39. The average molecular weight is 517 g/mol. The van der Waals surface area contributed by atoms with Gasteiger partial charge in [-0.2, -0.15) is 0 Å². The van der Waals surface area contributed by atoms with E-state index in [1.165, 1.54) is 11.3 Å². The van der Waals surface area contributed by atoms with Crippen molar-refractivity contribution in [2.24, 2.45) is 0 Å². The summed E-state index contributed by atoms with van der Waals surface area (Å²) in [6, 6.07) is 19.2. The van der Waals surface area contributed by atoms with Gasteiger partial charge in [0.1, 0.15) is 5.75 Å². The predicted molar refractivity (Wildman–Crippen MR) is 142 cm³/mol. The van der Waals surface area contributed by atoms with Crippen LogP contribution in [0.4, 0.5) is 0 Å². The molecule has 8 heteroatoms. The quantitative estimate of drug-likeness (QED) is 0.271. The number of aromatic nitrogens is 2. The molecule has 0 atom stereocenters. The van der Waals surface area contributed by atoms with E-state index < -0.39 is 5.97 Å². The standard InChI is InChI=1S/C28H21ClN2O4S/c1-16-22(14-26-30-24(15-36-26)17-3-5-19(6-4-17)28(33)34)23-13-21(35-2)11-12-25(23)31(16)27(32)18-7-9-20(29)10-8-18/h3-13,15H,14H2,1-2H3,(H,33,34). The molecule has 0 saturated carbocycles. The number of halogens is 1. The Hall–Kier alpha value is -3.94.